The largest absolute Gasteiger partial charge is 0.495 e. The van der Waals surface area contributed by atoms with Crippen LogP contribution in [0.5, 0.6) is 23.0 Å². The lowest BCUT2D eigenvalue weighted by molar-refractivity contribution is -0.116. The molecular weight excluding hydrogens is 402 g/mol. The maximum atomic E-state index is 12.1. The summed E-state index contributed by atoms with van der Waals surface area (Å²) < 4.78 is 26.9. The van der Waals surface area contributed by atoms with E-state index in [0.717, 1.165) is 5.56 Å². The van der Waals surface area contributed by atoms with Crippen molar-refractivity contribution >= 4 is 11.6 Å². The maximum Gasteiger partial charge on any atom is 0.225 e. The van der Waals surface area contributed by atoms with Gasteiger partial charge in [0.25, 0.3) is 0 Å². The third-order valence-corrected chi connectivity index (χ3v) is 4.66. The number of anilines is 1. The van der Waals surface area contributed by atoms with Gasteiger partial charge in [0.1, 0.15) is 17.7 Å². The van der Waals surface area contributed by atoms with E-state index in [9.17, 15) is 4.79 Å². The van der Waals surface area contributed by atoms with Crippen LogP contribution in [0.2, 0.25) is 0 Å². The molecule has 0 bridgehead atoms. The minimum absolute atomic E-state index is 0.201. The van der Waals surface area contributed by atoms with Crippen LogP contribution in [0.4, 0.5) is 5.69 Å². The summed E-state index contributed by atoms with van der Waals surface area (Å²) in [6, 6.07) is 8.98. The molecule has 0 unspecified atom stereocenters. The lowest BCUT2D eigenvalue weighted by Gasteiger charge is -2.14. The lowest BCUT2D eigenvalue weighted by atomic mass is 10.0. The van der Waals surface area contributed by atoms with E-state index in [1.165, 1.54) is 13.4 Å². The second-order valence-corrected chi connectivity index (χ2v) is 6.49. The molecule has 0 saturated carbocycles. The molecule has 0 aliphatic heterocycles. The zero-order chi connectivity index (χ0) is 22.4. The predicted molar refractivity (Wildman–Crippen MR) is 116 cm³/mol. The Bertz CT molecular complexity index is 1040. The standard InChI is InChI=1S/C22H25N3O6/c1-27-17-6-5-13(9-16(17)24-20(26)7-8-23)15-12-31-25-21(15)14-10-18(28-2)22(30-4)19(11-14)29-3/h5-6,9-12H,7-8,23H2,1-4H3,(H,24,26). The molecule has 1 heterocycles. The smallest absolute Gasteiger partial charge is 0.225 e. The number of carbonyl (C=O) groups is 1. The fourth-order valence-electron chi connectivity index (χ4n) is 3.18. The Morgan fingerprint density at radius 2 is 1.65 bits per heavy atom. The molecule has 0 spiro atoms. The zero-order valence-electron chi connectivity index (χ0n) is 17.9. The topological polar surface area (TPSA) is 118 Å². The summed E-state index contributed by atoms with van der Waals surface area (Å²) in [4.78, 5) is 12.1. The molecule has 3 N–H and O–H groups in total. The SMILES string of the molecule is COc1ccc(-c2conc2-c2cc(OC)c(OC)c(OC)c2)cc1NC(=O)CCN. The average molecular weight is 427 g/mol. The number of hydrogen-bond acceptors (Lipinski definition) is 8. The highest BCUT2D eigenvalue weighted by Gasteiger charge is 2.20. The number of carbonyl (C=O) groups excluding carboxylic acids is 1. The van der Waals surface area contributed by atoms with Gasteiger partial charge in [-0.3, -0.25) is 4.79 Å². The Kier molecular flexibility index (Phi) is 6.99. The summed E-state index contributed by atoms with van der Waals surface area (Å²) in [6.45, 7) is 0.255. The Morgan fingerprint density at radius 1 is 0.968 bits per heavy atom. The summed E-state index contributed by atoms with van der Waals surface area (Å²) in [5.41, 5.74) is 8.76. The Balaban J connectivity index is 2.07. The van der Waals surface area contributed by atoms with Crippen molar-refractivity contribution in [2.75, 3.05) is 40.3 Å². The van der Waals surface area contributed by atoms with Crippen molar-refractivity contribution in [1.82, 2.24) is 5.16 Å². The van der Waals surface area contributed by atoms with E-state index >= 15 is 0 Å². The molecule has 0 aliphatic carbocycles. The van der Waals surface area contributed by atoms with Gasteiger partial charge in [0.2, 0.25) is 11.7 Å². The number of hydrogen-bond donors (Lipinski definition) is 2. The molecule has 2 aromatic carbocycles. The number of amides is 1. The number of benzene rings is 2. The molecular formula is C22H25N3O6. The molecule has 0 fully saturated rings. The summed E-state index contributed by atoms with van der Waals surface area (Å²) in [7, 11) is 6.17. The highest BCUT2D eigenvalue weighted by atomic mass is 16.5. The van der Waals surface area contributed by atoms with Gasteiger partial charge in [-0.2, -0.15) is 0 Å². The summed E-state index contributed by atoms with van der Waals surface area (Å²) in [6.07, 6.45) is 1.74. The van der Waals surface area contributed by atoms with Crippen LogP contribution in [0.15, 0.2) is 41.1 Å². The van der Waals surface area contributed by atoms with E-state index in [2.05, 4.69) is 10.5 Å². The van der Waals surface area contributed by atoms with Gasteiger partial charge in [0.05, 0.1) is 34.1 Å². The first-order chi connectivity index (χ1) is 15.1. The van der Waals surface area contributed by atoms with Crippen LogP contribution >= 0.6 is 0 Å². The first kappa shape index (κ1) is 22.0. The minimum Gasteiger partial charge on any atom is -0.495 e. The van der Waals surface area contributed by atoms with Gasteiger partial charge < -0.3 is 34.5 Å². The molecule has 0 aliphatic rings. The number of methoxy groups -OCH3 is 4. The second-order valence-electron chi connectivity index (χ2n) is 6.49. The third-order valence-electron chi connectivity index (χ3n) is 4.66. The number of aromatic nitrogens is 1. The van der Waals surface area contributed by atoms with Crippen molar-refractivity contribution in [2.45, 2.75) is 6.42 Å². The average Bonchev–Trinajstić information content (AvgIpc) is 3.28. The van der Waals surface area contributed by atoms with Gasteiger partial charge in [-0.1, -0.05) is 11.2 Å². The predicted octanol–water partition coefficient (Wildman–Crippen LogP) is 3.33. The molecule has 31 heavy (non-hydrogen) atoms. The van der Waals surface area contributed by atoms with Crippen molar-refractivity contribution in [3.8, 4) is 45.4 Å². The lowest BCUT2D eigenvalue weighted by Crippen LogP contribution is -2.16. The van der Waals surface area contributed by atoms with Crippen molar-refractivity contribution in [3.63, 3.8) is 0 Å². The Hall–Kier alpha value is -3.72. The highest BCUT2D eigenvalue weighted by Crippen LogP contribution is 2.43. The van der Waals surface area contributed by atoms with Crippen LogP contribution in [0.25, 0.3) is 22.4 Å². The third kappa shape index (κ3) is 4.56. The molecule has 0 atom stereocenters. The van der Waals surface area contributed by atoms with Gasteiger partial charge in [-0.15, -0.1) is 0 Å². The van der Waals surface area contributed by atoms with Crippen LogP contribution in [-0.4, -0.2) is 46.0 Å². The van der Waals surface area contributed by atoms with Gasteiger partial charge >= 0.3 is 0 Å². The molecule has 1 aromatic heterocycles. The number of ether oxygens (including phenoxy) is 4. The van der Waals surface area contributed by atoms with Crippen LogP contribution in [0.1, 0.15) is 6.42 Å². The quantitative estimate of drug-likeness (QED) is 0.534. The minimum atomic E-state index is -0.201. The van der Waals surface area contributed by atoms with Gasteiger partial charge in [0, 0.05) is 24.1 Å². The number of nitrogens with zero attached hydrogens (tertiary/aromatic N) is 1. The van der Waals surface area contributed by atoms with Gasteiger partial charge in [-0.25, -0.2) is 0 Å². The molecule has 9 nitrogen and oxygen atoms in total. The van der Waals surface area contributed by atoms with Crippen molar-refractivity contribution in [1.29, 1.82) is 0 Å². The van der Waals surface area contributed by atoms with Crippen LogP contribution in [0.3, 0.4) is 0 Å². The van der Waals surface area contributed by atoms with Gasteiger partial charge in [-0.05, 0) is 29.8 Å². The highest BCUT2D eigenvalue weighted by molar-refractivity contribution is 5.94. The van der Waals surface area contributed by atoms with E-state index in [1.807, 2.05) is 6.07 Å². The van der Waals surface area contributed by atoms with Crippen molar-refractivity contribution in [2.24, 2.45) is 5.73 Å². The fourth-order valence-corrected chi connectivity index (χ4v) is 3.18. The summed E-state index contributed by atoms with van der Waals surface area (Å²) >= 11 is 0. The number of nitrogens with two attached hydrogens (primary N) is 1. The number of rotatable bonds is 9. The van der Waals surface area contributed by atoms with Crippen LogP contribution in [0, 0.1) is 0 Å². The van der Waals surface area contributed by atoms with Crippen molar-refractivity contribution in [3.05, 3.63) is 36.6 Å². The first-order valence-electron chi connectivity index (χ1n) is 9.49. The summed E-state index contributed by atoms with van der Waals surface area (Å²) in [5, 5.41) is 6.99. The molecule has 0 radical (unpaired) electrons. The van der Waals surface area contributed by atoms with E-state index in [0.29, 0.717) is 45.5 Å². The van der Waals surface area contributed by atoms with E-state index in [-0.39, 0.29) is 18.9 Å². The fraction of sp³-hybridized carbons (Fsp3) is 0.273. The monoisotopic (exact) mass is 427 g/mol. The molecule has 164 valence electrons. The van der Waals surface area contributed by atoms with E-state index < -0.39 is 0 Å². The Labute approximate surface area is 180 Å². The van der Waals surface area contributed by atoms with E-state index in [4.69, 9.17) is 29.2 Å². The number of nitrogens with one attached hydrogen (secondary N) is 1. The van der Waals surface area contributed by atoms with E-state index in [1.54, 1.807) is 45.6 Å². The van der Waals surface area contributed by atoms with Crippen LogP contribution in [-0.2, 0) is 4.79 Å². The van der Waals surface area contributed by atoms with Crippen LogP contribution < -0.4 is 30.0 Å². The molecule has 3 aromatic rings. The summed E-state index contributed by atoms with van der Waals surface area (Å²) in [5.74, 6) is 1.80. The maximum absolute atomic E-state index is 12.1. The second kappa shape index (κ2) is 9.86. The molecule has 1 amide bonds. The normalized spacial score (nSPS) is 10.5. The molecule has 9 heteroatoms. The first-order valence-corrected chi connectivity index (χ1v) is 9.49. The Morgan fingerprint density at radius 3 is 2.23 bits per heavy atom. The molecule has 3 rings (SSSR count). The van der Waals surface area contributed by atoms with Gasteiger partial charge in [0.15, 0.2) is 11.5 Å². The zero-order valence-corrected chi connectivity index (χ0v) is 17.9. The molecule has 0 saturated heterocycles. The van der Waals surface area contributed by atoms with Crippen molar-refractivity contribution < 1.29 is 28.3 Å².